The number of H-pyrrole nitrogens is 1. The first kappa shape index (κ1) is 11.8. The van der Waals surface area contributed by atoms with Crippen LogP contribution in [0, 0.1) is 5.92 Å². The van der Waals surface area contributed by atoms with Gasteiger partial charge in [-0.3, -0.25) is 0 Å². The fraction of sp³-hybridized carbons (Fsp3) is 0.500. The number of fused-ring (bicyclic) bond motifs is 1. The summed E-state index contributed by atoms with van der Waals surface area (Å²) in [5, 5.41) is 1.36. The largest absolute Gasteiger partial charge is 0.361 e. The van der Waals surface area contributed by atoms with Crippen LogP contribution in [0.3, 0.4) is 0 Å². The average molecular weight is 242 g/mol. The summed E-state index contributed by atoms with van der Waals surface area (Å²) in [6.45, 7) is 2.30. The number of rotatable bonds is 2. The number of benzene rings is 1. The van der Waals surface area contributed by atoms with E-state index in [-0.39, 0.29) is 0 Å². The van der Waals surface area contributed by atoms with Crippen LogP contribution >= 0.6 is 0 Å². The molecule has 1 heterocycles. The van der Waals surface area contributed by atoms with Crippen molar-refractivity contribution < 1.29 is 0 Å². The van der Waals surface area contributed by atoms with Crippen LogP contribution in [0.2, 0.25) is 0 Å². The molecule has 0 spiro atoms. The molecular weight excluding hydrogens is 220 g/mol. The van der Waals surface area contributed by atoms with E-state index < -0.39 is 0 Å². The van der Waals surface area contributed by atoms with Gasteiger partial charge in [0.25, 0.3) is 0 Å². The minimum Gasteiger partial charge on any atom is -0.361 e. The van der Waals surface area contributed by atoms with Crippen molar-refractivity contribution >= 4 is 10.9 Å². The van der Waals surface area contributed by atoms with E-state index in [1.165, 1.54) is 42.1 Å². The number of hydrogen-bond acceptors (Lipinski definition) is 1. The molecule has 0 aliphatic heterocycles. The minimum absolute atomic E-state index is 0.326. The molecule has 1 aliphatic carbocycles. The molecule has 0 bridgehead atoms. The maximum absolute atomic E-state index is 6.36. The fourth-order valence-electron chi connectivity index (χ4n) is 3.41. The Balaban J connectivity index is 1.97. The molecule has 1 aromatic carbocycles. The molecule has 1 aliphatic rings. The fourth-order valence-corrected chi connectivity index (χ4v) is 3.41. The first-order valence-electron chi connectivity index (χ1n) is 7.11. The lowest BCUT2D eigenvalue weighted by atomic mass is 9.74. The standard InChI is InChI=1S/C16H22N2/c1-2-11-7-8-15(17)13(9-11)14-10-18-16-6-4-3-5-12(14)16/h3-6,10-11,13,15,18H,2,7-9,17H2,1H3. The molecule has 0 amide bonds. The number of aromatic nitrogens is 1. The lowest BCUT2D eigenvalue weighted by Crippen LogP contribution is -2.34. The molecular formula is C16H22N2. The lowest BCUT2D eigenvalue weighted by molar-refractivity contribution is 0.283. The number of hydrogen-bond donors (Lipinski definition) is 2. The smallest absolute Gasteiger partial charge is 0.0456 e. The number of aromatic amines is 1. The van der Waals surface area contributed by atoms with E-state index in [1.807, 2.05) is 0 Å². The van der Waals surface area contributed by atoms with Gasteiger partial charge in [-0.1, -0.05) is 31.5 Å². The summed E-state index contributed by atoms with van der Waals surface area (Å²) in [5.41, 5.74) is 9.03. The summed E-state index contributed by atoms with van der Waals surface area (Å²) in [6.07, 6.45) is 7.18. The van der Waals surface area contributed by atoms with Gasteiger partial charge in [-0.25, -0.2) is 0 Å². The Bertz CT molecular complexity index is 529. The van der Waals surface area contributed by atoms with E-state index in [4.69, 9.17) is 5.73 Å². The van der Waals surface area contributed by atoms with Crippen molar-refractivity contribution in [2.75, 3.05) is 0 Å². The van der Waals surface area contributed by atoms with Crippen LogP contribution in [0.4, 0.5) is 0 Å². The maximum atomic E-state index is 6.36. The molecule has 96 valence electrons. The van der Waals surface area contributed by atoms with E-state index in [2.05, 4.69) is 42.4 Å². The van der Waals surface area contributed by atoms with Crippen LogP contribution < -0.4 is 5.73 Å². The number of nitrogens with two attached hydrogens (primary N) is 1. The topological polar surface area (TPSA) is 41.8 Å². The molecule has 3 atom stereocenters. The van der Waals surface area contributed by atoms with E-state index in [0.29, 0.717) is 12.0 Å². The molecule has 1 aromatic heterocycles. The zero-order valence-corrected chi connectivity index (χ0v) is 11.0. The predicted molar refractivity (Wildman–Crippen MR) is 76.6 cm³/mol. The van der Waals surface area contributed by atoms with E-state index in [0.717, 1.165) is 5.92 Å². The highest BCUT2D eigenvalue weighted by Gasteiger charge is 2.29. The third-order valence-corrected chi connectivity index (χ3v) is 4.61. The van der Waals surface area contributed by atoms with Gasteiger partial charge < -0.3 is 10.7 Å². The summed E-state index contributed by atoms with van der Waals surface area (Å²) in [5.74, 6) is 1.38. The van der Waals surface area contributed by atoms with Gasteiger partial charge in [-0.05, 0) is 36.8 Å². The monoisotopic (exact) mass is 242 g/mol. The molecule has 3 unspecified atom stereocenters. The van der Waals surface area contributed by atoms with Crippen molar-refractivity contribution in [3.05, 3.63) is 36.0 Å². The highest BCUT2D eigenvalue weighted by molar-refractivity contribution is 5.83. The number of nitrogens with one attached hydrogen (secondary N) is 1. The Morgan fingerprint density at radius 3 is 2.94 bits per heavy atom. The third kappa shape index (κ3) is 1.95. The molecule has 2 nitrogen and oxygen atoms in total. The van der Waals surface area contributed by atoms with Gasteiger partial charge in [0.15, 0.2) is 0 Å². The first-order valence-corrected chi connectivity index (χ1v) is 7.11. The zero-order chi connectivity index (χ0) is 12.5. The average Bonchev–Trinajstić information content (AvgIpc) is 2.83. The van der Waals surface area contributed by atoms with Crippen LogP contribution in [0.25, 0.3) is 10.9 Å². The highest BCUT2D eigenvalue weighted by atomic mass is 14.7. The van der Waals surface area contributed by atoms with Gasteiger partial charge in [0, 0.05) is 29.1 Å². The van der Waals surface area contributed by atoms with Crippen molar-refractivity contribution in [2.24, 2.45) is 11.7 Å². The Labute approximate surface area is 109 Å². The van der Waals surface area contributed by atoms with Gasteiger partial charge in [0.05, 0.1) is 0 Å². The van der Waals surface area contributed by atoms with Crippen LogP contribution in [-0.4, -0.2) is 11.0 Å². The second-order valence-corrected chi connectivity index (χ2v) is 5.65. The quantitative estimate of drug-likeness (QED) is 0.826. The van der Waals surface area contributed by atoms with Gasteiger partial charge in [-0.15, -0.1) is 0 Å². The lowest BCUT2D eigenvalue weighted by Gasteiger charge is -2.33. The third-order valence-electron chi connectivity index (χ3n) is 4.61. The highest BCUT2D eigenvalue weighted by Crippen LogP contribution is 2.39. The molecule has 3 N–H and O–H groups in total. The van der Waals surface area contributed by atoms with Crippen LogP contribution in [0.5, 0.6) is 0 Å². The van der Waals surface area contributed by atoms with Gasteiger partial charge in [-0.2, -0.15) is 0 Å². The van der Waals surface area contributed by atoms with Crippen molar-refractivity contribution in [1.29, 1.82) is 0 Å². The summed E-state index contributed by atoms with van der Waals surface area (Å²) < 4.78 is 0. The summed E-state index contributed by atoms with van der Waals surface area (Å²) in [6, 6.07) is 8.88. The van der Waals surface area contributed by atoms with E-state index in [9.17, 15) is 0 Å². The van der Waals surface area contributed by atoms with Gasteiger partial charge in [0.2, 0.25) is 0 Å². The molecule has 18 heavy (non-hydrogen) atoms. The second kappa shape index (κ2) is 4.77. The first-order chi connectivity index (χ1) is 8.79. The predicted octanol–water partition coefficient (Wildman–Crippen LogP) is 3.79. The molecule has 1 saturated carbocycles. The summed E-state index contributed by atoms with van der Waals surface area (Å²) in [4.78, 5) is 3.38. The molecule has 2 heteroatoms. The Hall–Kier alpha value is -1.28. The van der Waals surface area contributed by atoms with Crippen molar-refractivity contribution in [3.8, 4) is 0 Å². The molecule has 3 rings (SSSR count). The molecule has 2 aromatic rings. The SMILES string of the molecule is CCC1CCC(N)C(c2c[nH]c3ccccc23)C1. The van der Waals surface area contributed by atoms with Gasteiger partial charge >= 0.3 is 0 Å². The molecule has 0 saturated heterocycles. The van der Waals surface area contributed by atoms with Gasteiger partial charge in [0.1, 0.15) is 0 Å². The van der Waals surface area contributed by atoms with Crippen molar-refractivity contribution in [2.45, 2.75) is 44.6 Å². The minimum atomic E-state index is 0.326. The second-order valence-electron chi connectivity index (χ2n) is 5.65. The Morgan fingerprint density at radius 1 is 1.28 bits per heavy atom. The van der Waals surface area contributed by atoms with E-state index >= 15 is 0 Å². The van der Waals surface area contributed by atoms with E-state index in [1.54, 1.807) is 0 Å². The maximum Gasteiger partial charge on any atom is 0.0456 e. The van der Waals surface area contributed by atoms with Crippen molar-refractivity contribution in [1.82, 2.24) is 4.98 Å². The Kier molecular flexibility index (Phi) is 3.13. The Morgan fingerprint density at radius 2 is 2.11 bits per heavy atom. The van der Waals surface area contributed by atoms with Crippen LogP contribution in [0.15, 0.2) is 30.5 Å². The van der Waals surface area contributed by atoms with Crippen LogP contribution in [0.1, 0.15) is 44.1 Å². The van der Waals surface area contributed by atoms with Crippen LogP contribution in [-0.2, 0) is 0 Å². The zero-order valence-electron chi connectivity index (χ0n) is 11.0. The molecule has 1 fully saturated rings. The number of para-hydroxylation sites is 1. The summed E-state index contributed by atoms with van der Waals surface area (Å²) in [7, 11) is 0. The van der Waals surface area contributed by atoms with Crippen molar-refractivity contribution in [3.63, 3.8) is 0 Å². The molecule has 0 radical (unpaired) electrons. The summed E-state index contributed by atoms with van der Waals surface area (Å²) >= 11 is 0. The normalized spacial score (nSPS) is 28.7.